The summed E-state index contributed by atoms with van der Waals surface area (Å²) in [4.78, 5) is 43.2. The van der Waals surface area contributed by atoms with Gasteiger partial charge in [-0.05, 0) is 64.8 Å². The van der Waals surface area contributed by atoms with Crippen molar-refractivity contribution in [3.8, 4) is 0 Å². The Balaban J connectivity index is 1.52. The molecule has 0 aliphatic carbocycles. The maximum atomic E-state index is 12.9. The molecule has 0 spiro atoms. The zero-order chi connectivity index (χ0) is 21.8. The van der Waals surface area contributed by atoms with Gasteiger partial charge in [0.25, 0.3) is 5.91 Å². The van der Waals surface area contributed by atoms with Crippen LogP contribution in [0.4, 0.5) is 5.69 Å². The summed E-state index contributed by atoms with van der Waals surface area (Å²) < 4.78 is 0. The lowest BCUT2D eigenvalue weighted by Crippen LogP contribution is -2.62. The van der Waals surface area contributed by atoms with Crippen molar-refractivity contribution in [2.24, 2.45) is 0 Å². The number of rotatable bonds is 2. The van der Waals surface area contributed by atoms with Gasteiger partial charge in [0.05, 0.1) is 0 Å². The van der Waals surface area contributed by atoms with Crippen LogP contribution in [0, 0.1) is 0 Å². The van der Waals surface area contributed by atoms with E-state index >= 15 is 0 Å². The molecule has 2 fully saturated rings. The van der Waals surface area contributed by atoms with Gasteiger partial charge in [-0.15, -0.1) is 0 Å². The molecule has 4 rings (SSSR count). The molecule has 0 bridgehead atoms. The fraction of sp³-hybridized carbons (Fsp3) is 0.609. The number of piperazine rings is 1. The van der Waals surface area contributed by atoms with E-state index in [4.69, 9.17) is 0 Å². The zero-order valence-corrected chi connectivity index (χ0v) is 18.6. The molecule has 162 valence electrons. The number of imide groups is 1. The summed E-state index contributed by atoms with van der Waals surface area (Å²) in [6, 6.07) is 6.29. The third kappa shape index (κ3) is 3.60. The number of nitrogens with zero attached hydrogens (tertiary/aromatic N) is 3. The van der Waals surface area contributed by atoms with Crippen LogP contribution in [0.3, 0.4) is 0 Å². The van der Waals surface area contributed by atoms with Crippen molar-refractivity contribution in [1.82, 2.24) is 15.1 Å². The van der Waals surface area contributed by atoms with Crippen LogP contribution in [0.15, 0.2) is 18.2 Å². The first-order valence-corrected chi connectivity index (χ1v) is 10.9. The number of piperidine rings is 1. The molecule has 3 amide bonds. The molecule has 0 saturated carbocycles. The lowest BCUT2D eigenvalue weighted by atomic mass is 9.96. The Bertz CT molecular complexity index is 879. The summed E-state index contributed by atoms with van der Waals surface area (Å²) in [5.74, 6) is -0.751. The van der Waals surface area contributed by atoms with E-state index in [2.05, 4.69) is 55.8 Å². The normalized spacial score (nSPS) is 28.0. The third-order valence-corrected chi connectivity index (χ3v) is 6.57. The van der Waals surface area contributed by atoms with Crippen LogP contribution in [-0.2, 0) is 16.1 Å². The van der Waals surface area contributed by atoms with Gasteiger partial charge in [-0.2, -0.15) is 0 Å². The van der Waals surface area contributed by atoms with Crippen LogP contribution in [-0.4, -0.2) is 64.3 Å². The molecule has 30 heavy (non-hydrogen) atoms. The molecule has 0 radical (unpaired) electrons. The highest BCUT2D eigenvalue weighted by atomic mass is 16.2. The van der Waals surface area contributed by atoms with Crippen molar-refractivity contribution >= 4 is 23.4 Å². The number of anilines is 1. The highest BCUT2D eigenvalue weighted by Crippen LogP contribution is 2.33. The molecule has 1 aromatic rings. The van der Waals surface area contributed by atoms with Crippen molar-refractivity contribution in [1.29, 1.82) is 0 Å². The molecular weight excluding hydrogens is 380 g/mol. The average molecular weight is 413 g/mol. The number of benzene rings is 1. The van der Waals surface area contributed by atoms with E-state index in [-0.39, 0.29) is 29.7 Å². The first-order chi connectivity index (χ1) is 14.1. The SMILES string of the molecule is CC1CN(c2ccc3c(c2)CN(C2CCC(=O)NC2=O)C3=O)CC(C)N1C(C)(C)C. The number of hydrogen-bond donors (Lipinski definition) is 1. The molecule has 1 N–H and O–H groups in total. The van der Waals surface area contributed by atoms with Crippen LogP contribution in [0.1, 0.15) is 63.4 Å². The highest BCUT2D eigenvalue weighted by Gasteiger charge is 2.40. The van der Waals surface area contributed by atoms with Gasteiger partial charge in [-0.25, -0.2) is 0 Å². The topological polar surface area (TPSA) is 73.0 Å². The van der Waals surface area contributed by atoms with E-state index in [0.29, 0.717) is 30.6 Å². The second-order valence-electron chi connectivity index (χ2n) is 9.92. The third-order valence-electron chi connectivity index (χ3n) is 6.57. The second kappa shape index (κ2) is 7.38. The van der Waals surface area contributed by atoms with Gasteiger partial charge in [-0.1, -0.05) is 0 Å². The van der Waals surface area contributed by atoms with E-state index < -0.39 is 6.04 Å². The molecule has 3 unspecified atom stereocenters. The Morgan fingerprint density at radius 1 is 1.03 bits per heavy atom. The smallest absolute Gasteiger partial charge is 0.255 e. The van der Waals surface area contributed by atoms with Gasteiger partial charge in [0.15, 0.2) is 0 Å². The van der Waals surface area contributed by atoms with E-state index in [1.165, 1.54) is 0 Å². The predicted molar refractivity (Wildman–Crippen MR) is 115 cm³/mol. The van der Waals surface area contributed by atoms with Gasteiger partial charge in [0.2, 0.25) is 11.8 Å². The van der Waals surface area contributed by atoms with Crippen molar-refractivity contribution < 1.29 is 14.4 Å². The lowest BCUT2D eigenvalue weighted by molar-refractivity contribution is -0.136. The summed E-state index contributed by atoms with van der Waals surface area (Å²) in [5, 5.41) is 2.36. The van der Waals surface area contributed by atoms with Gasteiger partial charge < -0.3 is 9.80 Å². The molecule has 3 heterocycles. The van der Waals surface area contributed by atoms with E-state index in [9.17, 15) is 14.4 Å². The fourth-order valence-electron chi connectivity index (χ4n) is 5.61. The monoisotopic (exact) mass is 412 g/mol. The number of carbonyl (C=O) groups excluding carboxylic acids is 3. The largest absolute Gasteiger partial charge is 0.368 e. The first kappa shape index (κ1) is 20.8. The highest BCUT2D eigenvalue weighted by molar-refractivity contribution is 6.05. The van der Waals surface area contributed by atoms with Crippen molar-refractivity contribution in [2.75, 3.05) is 18.0 Å². The summed E-state index contributed by atoms with van der Waals surface area (Å²) in [5.41, 5.74) is 2.87. The number of fused-ring (bicyclic) bond motifs is 1. The van der Waals surface area contributed by atoms with Crippen molar-refractivity contribution in [2.45, 2.75) is 77.7 Å². The van der Waals surface area contributed by atoms with Crippen LogP contribution in [0.25, 0.3) is 0 Å². The Labute approximate surface area is 178 Å². The van der Waals surface area contributed by atoms with Gasteiger partial charge in [0, 0.05) is 54.9 Å². The quantitative estimate of drug-likeness (QED) is 0.754. The van der Waals surface area contributed by atoms with Crippen LogP contribution in [0.2, 0.25) is 0 Å². The van der Waals surface area contributed by atoms with Crippen molar-refractivity contribution in [3.05, 3.63) is 29.3 Å². The first-order valence-electron chi connectivity index (χ1n) is 10.9. The Kier molecular flexibility index (Phi) is 5.12. The standard InChI is InChI=1S/C23H32N4O3/c1-14-11-25(12-15(2)27(14)23(3,4)5)17-6-7-18-16(10-17)13-26(22(18)30)19-8-9-20(28)24-21(19)29/h6-7,10,14-15,19H,8-9,11-13H2,1-5H3,(H,24,28,29). The van der Waals surface area contributed by atoms with E-state index in [1.807, 2.05) is 12.1 Å². The van der Waals surface area contributed by atoms with E-state index in [0.717, 1.165) is 24.3 Å². The minimum atomic E-state index is -0.568. The molecule has 1 aromatic carbocycles. The van der Waals surface area contributed by atoms with Crippen LogP contribution in [0.5, 0.6) is 0 Å². The fourth-order valence-corrected chi connectivity index (χ4v) is 5.61. The average Bonchev–Trinajstić information content (AvgIpc) is 2.96. The number of nitrogens with one attached hydrogen (secondary N) is 1. The summed E-state index contributed by atoms with van der Waals surface area (Å²) in [6.45, 7) is 13.6. The Hall–Kier alpha value is -2.41. The molecule has 3 aliphatic rings. The maximum absolute atomic E-state index is 12.9. The molecule has 3 atom stereocenters. The maximum Gasteiger partial charge on any atom is 0.255 e. The number of carbonyl (C=O) groups is 3. The minimum absolute atomic E-state index is 0.120. The van der Waals surface area contributed by atoms with Crippen LogP contribution < -0.4 is 10.2 Å². The Morgan fingerprint density at radius 3 is 2.30 bits per heavy atom. The molecule has 2 saturated heterocycles. The molecule has 3 aliphatic heterocycles. The van der Waals surface area contributed by atoms with Gasteiger partial charge in [-0.3, -0.25) is 24.6 Å². The van der Waals surface area contributed by atoms with Gasteiger partial charge in [0.1, 0.15) is 6.04 Å². The van der Waals surface area contributed by atoms with Crippen molar-refractivity contribution in [3.63, 3.8) is 0 Å². The number of hydrogen-bond acceptors (Lipinski definition) is 5. The summed E-state index contributed by atoms with van der Waals surface area (Å²) in [7, 11) is 0. The summed E-state index contributed by atoms with van der Waals surface area (Å²) in [6.07, 6.45) is 0.663. The molecular formula is C23H32N4O3. The molecule has 7 heteroatoms. The predicted octanol–water partition coefficient (Wildman–Crippen LogP) is 2.15. The van der Waals surface area contributed by atoms with E-state index in [1.54, 1.807) is 4.90 Å². The summed E-state index contributed by atoms with van der Waals surface area (Å²) >= 11 is 0. The van der Waals surface area contributed by atoms with Crippen LogP contribution >= 0.6 is 0 Å². The lowest BCUT2D eigenvalue weighted by Gasteiger charge is -2.51. The molecule has 7 nitrogen and oxygen atoms in total. The minimum Gasteiger partial charge on any atom is -0.368 e. The van der Waals surface area contributed by atoms with Gasteiger partial charge >= 0.3 is 0 Å². The number of amides is 3. The molecule has 0 aromatic heterocycles. The zero-order valence-electron chi connectivity index (χ0n) is 18.6. The second-order valence-corrected chi connectivity index (χ2v) is 9.92. The Morgan fingerprint density at radius 2 is 1.70 bits per heavy atom.